The zero-order valence-corrected chi connectivity index (χ0v) is 12.2. The number of aryl methyl sites for hydroxylation is 1. The van der Waals surface area contributed by atoms with E-state index in [1.165, 1.54) is 11.3 Å². The predicted molar refractivity (Wildman–Crippen MR) is 81.9 cm³/mol. The molecule has 0 saturated heterocycles. The van der Waals surface area contributed by atoms with Gasteiger partial charge in [0, 0.05) is 36.7 Å². The summed E-state index contributed by atoms with van der Waals surface area (Å²) in [6, 6.07) is 12.6. The summed E-state index contributed by atoms with van der Waals surface area (Å²) in [5.41, 5.74) is 4.64. The smallest absolute Gasteiger partial charge is 0.0509 e. The summed E-state index contributed by atoms with van der Waals surface area (Å²) >= 11 is 5.98. The SMILES string of the molecule is Cc1cc(N(C)CCc2ccccc2)c(CCl)cn1. The number of halogens is 1. The molecule has 19 heavy (non-hydrogen) atoms. The summed E-state index contributed by atoms with van der Waals surface area (Å²) < 4.78 is 0. The minimum Gasteiger partial charge on any atom is -0.374 e. The van der Waals surface area contributed by atoms with Crippen LogP contribution in [0.1, 0.15) is 16.8 Å². The Kier molecular flexibility index (Phi) is 4.80. The quantitative estimate of drug-likeness (QED) is 0.771. The molecule has 0 fully saturated rings. The Morgan fingerprint density at radius 2 is 1.95 bits per heavy atom. The number of nitrogens with zero attached hydrogens (tertiary/aromatic N) is 2. The third-order valence-corrected chi connectivity index (χ3v) is 3.52. The molecule has 1 aromatic heterocycles. The van der Waals surface area contributed by atoms with Gasteiger partial charge in [0.15, 0.2) is 0 Å². The van der Waals surface area contributed by atoms with E-state index in [0.29, 0.717) is 5.88 Å². The first-order chi connectivity index (χ1) is 9.20. The minimum absolute atomic E-state index is 0.498. The number of likely N-dealkylation sites (N-methyl/N-ethyl adjacent to an activating group) is 1. The molecule has 1 heterocycles. The molecule has 0 bridgehead atoms. The highest BCUT2D eigenvalue weighted by molar-refractivity contribution is 6.17. The van der Waals surface area contributed by atoms with Crippen LogP contribution in [0.25, 0.3) is 0 Å². The van der Waals surface area contributed by atoms with Gasteiger partial charge in [0.2, 0.25) is 0 Å². The molecule has 0 spiro atoms. The summed E-state index contributed by atoms with van der Waals surface area (Å²) in [4.78, 5) is 6.55. The van der Waals surface area contributed by atoms with Crippen molar-refractivity contribution in [3.8, 4) is 0 Å². The standard InChI is InChI=1S/C16H19ClN2/c1-13-10-16(15(11-17)12-18-13)19(2)9-8-14-6-4-3-5-7-14/h3-7,10,12H,8-9,11H2,1-2H3. The third-order valence-electron chi connectivity index (χ3n) is 3.23. The fourth-order valence-electron chi connectivity index (χ4n) is 2.09. The third kappa shape index (κ3) is 3.71. The lowest BCUT2D eigenvalue weighted by Crippen LogP contribution is -2.21. The number of anilines is 1. The van der Waals surface area contributed by atoms with Gasteiger partial charge in [-0.2, -0.15) is 0 Å². The molecule has 0 aliphatic carbocycles. The first-order valence-electron chi connectivity index (χ1n) is 6.47. The number of benzene rings is 1. The van der Waals surface area contributed by atoms with Gasteiger partial charge in [0.1, 0.15) is 0 Å². The predicted octanol–water partition coefficient (Wildman–Crippen LogP) is 3.81. The van der Waals surface area contributed by atoms with Crippen LogP contribution >= 0.6 is 11.6 Å². The molecule has 2 nitrogen and oxygen atoms in total. The van der Waals surface area contributed by atoms with E-state index in [2.05, 4.69) is 47.3 Å². The second-order valence-electron chi connectivity index (χ2n) is 4.75. The average Bonchev–Trinajstić information content (AvgIpc) is 2.46. The molecular weight excluding hydrogens is 256 g/mol. The normalized spacial score (nSPS) is 10.5. The minimum atomic E-state index is 0.498. The van der Waals surface area contributed by atoms with Crippen molar-refractivity contribution in [2.45, 2.75) is 19.2 Å². The van der Waals surface area contributed by atoms with Crippen molar-refractivity contribution in [1.29, 1.82) is 0 Å². The second kappa shape index (κ2) is 6.58. The van der Waals surface area contributed by atoms with Crippen molar-refractivity contribution in [2.75, 3.05) is 18.5 Å². The van der Waals surface area contributed by atoms with Crippen molar-refractivity contribution < 1.29 is 0 Å². The van der Waals surface area contributed by atoms with Gasteiger partial charge in [-0.1, -0.05) is 30.3 Å². The van der Waals surface area contributed by atoms with E-state index in [4.69, 9.17) is 11.6 Å². The summed E-state index contributed by atoms with van der Waals surface area (Å²) in [5, 5.41) is 0. The zero-order valence-electron chi connectivity index (χ0n) is 11.4. The molecule has 0 aliphatic rings. The van der Waals surface area contributed by atoms with Gasteiger partial charge in [0.25, 0.3) is 0 Å². The Balaban J connectivity index is 2.07. The molecule has 1 aromatic carbocycles. The highest BCUT2D eigenvalue weighted by Gasteiger charge is 2.08. The van der Waals surface area contributed by atoms with Gasteiger partial charge in [-0.25, -0.2) is 0 Å². The number of hydrogen-bond donors (Lipinski definition) is 0. The molecule has 2 aromatic rings. The molecule has 0 saturated carbocycles. The topological polar surface area (TPSA) is 16.1 Å². The Morgan fingerprint density at radius 1 is 1.21 bits per heavy atom. The molecule has 2 rings (SSSR count). The van der Waals surface area contributed by atoms with E-state index in [0.717, 1.165) is 24.2 Å². The van der Waals surface area contributed by atoms with E-state index in [-0.39, 0.29) is 0 Å². The van der Waals surface area contributed by atoms with E-state index in [1.807, 2.05) is 19.2 Å². The highest BCUT2D eigenvalue weighted by Crippen LogP contribution is 2.21. The van der Waals surface area contributed by atoms with Crippen molar-refractivity contribution in [3.05, 3.63) is 59.4 Å². The van der Waals surface area contributed by atoms with Crippen molar-refractivity contribution in [3.63, 3.8) is 0 Å². The number of aromatic nitrogens is 1. The van der Waals surface area contributed by atoms with Crippen LogP contribution in [0.15, 0.2) is 42.6 Å². The van der Waals surface area contributed by atoms with Gasteiger partial charge < -0.3 is 4.90 Å². The van der Waals surface area contributed by atoms with E-state index in [1.54, 1.807) is 0 Å². The lowest BCUT2D eigenvalue weighted by molar-refractivity contribution is 0.868. The Labute approximate surface area is 120 Å². The van der Waals surface area contributed by atoms with Crippen LogP contribution in [-0.4, -0.2) is 18.6 Å². The lowest BCUT2D eigenvalue weighted by atomic mass is 10.1. The largest absolute Gasteiger partial charge is 0.374 e. The van der Waals surface area contributed by atoms with Crippen molar-refractivity contribution >= 4 is 17.3 Å². The van der Waals surface area contributed by atoms with Gasteiger partial charge in [0.05, 0.1) is 5.88 Å². The van der Waals surface area contributed by atoms with Crippen molar-refractivity contribution in [1.82, 2.24) is 4.98 Å². The van der Waals surface area contributed by atoms with Crippen LogP contribution in [0, 0.1) is 6.92 Å². The summed E-state index contributed by atoms with van der Waals surface area (Å²) in [6.07, 6.45) is 2.90. The Bertz CT molecular complexity index is 526. The molecule has 0 N–H and O–H groups in total. The highest BCUT2D eigenvalue weighted by atomic mass is 35.5. The molecule has 100 valence electrons. The maximum atomic E-state index is 5.98. The van der Waals surface area contributed by atoms with Crippen LogP contribution in [0.5, 0.6) is 0 Å². The Hall–Kier alpha value is -1.54. The number of alkyl halides is 1. The van der Waals surface area contributed by atoms with Gasteiger partial charge in [-0.05, 0) is 25.0 Å². The fourth-order valence-corrected chi connectivity index (χ4v) is 2.30. The van der Waals surface area contributed by atoms with Gasteiger partial charge in [-0.15, -0.1) is 11.6 Å². The molecule has 0 aliphatic heterocycles. The molecule has 0 atom stereocenters. The van der Waals surface area contributed by atoms with Crippen LogP contribution in [0.2, 0.25) is 0 Å². The molecule has 0 amide bonds. The summed E-state index contributed by atoms with van der Waals surface area (Å²) in [6.45, 7) is 2.98. The zero-order chi connectivity index (χ0) is 13.7. The van der Waals surface area contributed by atoms with Crippen LogP contribution in [0.3, 0.4) is 0 Å². The van der Waals surface area contributed by atoms with Crippen LogP contribution in [0.4, 0.5) is 5.69 Å². The number of hydrogen-bond acceptors (Lipinski definition) is 2. The first kappa shape index (κ1) is 13.9. The molecule has 0 radical (unpaired) electrons. The van der Waals surface area contributed by atoms with Crippen molar-refractivity contribution in [2.24, 2.45) is 0 Å². The van der Waals surface area contributed by atoms with Gasteiger partial charge >= 0.3 is 0 Å². The van der Waals surface area contributed by atoms with E-state index >= 15 is 0 Å². The van der Waals surface area contributed by atoms with Gasteiger partial charge in [-0.3, -0.25) is 4.98 Å². The lowest BCUT2D eigenvalue weighted by Gasteiger charge is -2.22. The maximum Gasteiger partial charge on any atom is 0.0509 e. The summed E-state index contributed by atoms with van der Waals surface area (Å²) in [7, 11) is 2.10. The fraction of sp³-hybridized carbons (Fsp3) is 0.312. The molecule has 0 unspecified atom stereocenters. The summed E-state index contributed by atoms with van der Waals surface area (Å²) in [5.74, 6) is 0.498. The average molecular weight is 275 g/mol. The van der Waals surface area contributed by atoms with E-state index in [9.17, 15) is 0 Å². The van der Waals surface area contributed by atoms with Crippen LogP contribution < -0.4 is 4.90 Å². The monoisotopic (exact) mass is 274 g/mol. The molecular formula is C16H19ClN2. The molecule has 3 heteroatoms. The number of pyridine rings is 1. The first-order valence-corrected chi connectivity index (χ1v) is 7.00. The number of rotatable bonds is 5. The Morgan fingerprint density at radius 3 is 2.63 bits per heavy atom. The van der Waals surface area contributed by atoms with Crippen LogP contribution in [-0.2, 0) is 12.3 Å². The van der Waals surface area contributed by atoms with E-state index < -0.39 is 0 Å². The second-order valence-corrected chi connectivity index (χ2v) is 5.01. The maximum absolute atomic E-state index is 5.98.